The van der Waals surface area contributed by atoms with E-state index in [4.69, 9.17) is 0 Å². The van der Waals surface area contributed by atoms with Crippen LogP contribution >= 0.6 is 0 Å². The van der Waals surface area contributed by atoms with Gasteiger partial charge in [0.25, 0.3) is 0 Å². The number of hydrogen-bond acceptors (Lipinski definition) is 1. The molecular weight excluding hydrogens is 171 g/mol. The lowest BCUT2D eigenvalue weighted by atomic mass is 9.57. The van der Waals surface area contributed by atoms with Crippen LogP contribution in [0.5, 0.6) is 0 Å². The van der Waals surface area contributed by atoms with E-state index in [1.165, 1.54) is 31.2 Å². The van der Waals surface area contributed by atoms with Crippen LogP contribution in [0.25, 0.3) is 0 Å². The highest BCUT2D eigenvalue weighted by atomic mass is 16.2. The zero-order valence-electron chi connectivity index (χ0n) is 9.63. The molecule has 1 aliphatic rings. The van der Waals surface area contributed by atoms with E-state index in [-0.39, 0.29) is 6.92 Å². The molecule has 1 saturated heterocycles. The van der Waals surface area contributed by atoms with Gasteiger partial charge in [0.15, 0.2) is 0 Å². The Kier molecular flexibility index (Phi) is 5.32. The van der Waals surface area contributed by atoms with Crippen molar-refractivity contribution in [1.29, 1.82) is 0 Å². The molecule has 0 amide bonds. The molecule has 14 heavy (non-hydrogen) atoms. The average Bonchev–Trinajstić information content (AvgIpc) is 2.33. The van der Waals surface area contributed by atoms with Crippen LogP contribution < -0.4 is 0 Å². The van der Waals surface area contributed by atoms with Crippen molar-refractivity contribution in [3.8, 4) is 0 Å². The van der Waals surface area contributed by atoms with Crippen LogP contribution in [0.1, 0.15) is 52.4 Å². The van der Waals surface area contributed by atoms with Gasteiger partial charge in [-0.1, -0.05) is 44.7 Å². The maximum Gasteiger partial charge on any atom is 0.319 e. The Balaban J connectivity index is 2.44. The fourth-order valence-electron chi connectivity index (χ4n) is 2.08. The minimum absolute atomic E-state index is 0.142. The zero-order chi connectivity index (χ0) is 10.4. The predicted octanol–water partition coefficient (Wildman–Crippen LogP) is 3.45. The summed E-state index contributed by atoms with van der Waals surface area (Å²) in [5.74, 6) is 0.793. The summed E-state index contributed by atoms with van der Waals surface area (Å²) in [6, 6.07) is 0. The molecule has 0 aliphatic carbocycles. The van der Waals surface area contributed by atoms with Gasteiger partial charge < -0.3 is 5.02 Å². The lowest BCUT2D eigenvalue weighted by Crippen LogP contribution is -2.14. The molecule has 0 bridgehead atoms. The highest BCUT2D eigenvalue weighted by Crippen LogP contribution is 2.25. The van der Waals surface area contributed by atoms with Crippen molar-refractivity contribution >= 4 is 6.92 Å². The van der Waals surface area contributed by atoms with Crippen LogP contribution in [0.2, 0.25) is 6.32 Å². The zero-order valence-corrected chi connectivity index (χ0v) is 9.63. The van der Waals surface area contributed by atoms with Gasteiger partial charge >= 0.3 is 6.92 Å². The van der Waals surface area contributed by atoms with Crippen LogP contribution in [-0.2, 0) is 0 Å². The van der Waals surface area contributed by atoms with Crippen LogP contribution in [0.3, 0.4) is 0 Å². The Bertz CT molecular complexity index is 189. The maximum absolute atomic E-state index is 9.90. The van der Waals surface area contributed by atoms with Crippen LogP contribution in [0.15, 0.2) is 11.5 Å². The SMILES string of the molecule is CCCC/C=C1/CCC(C)CCB1O. The molecule has 1 nitrogen and oxygen atoms in total. The quantitative estimate of drug-likeness (QED) is 0.538. The topological polar surface area (TPSA) is 20.2 Å². The number of hydrogen-bond donors (Lipinski definition) is 1. The van der Waals surface area contributed by atoms with Gasteiger partial charge in [0.1, 0.15) is 0 Å². The molecule has 1 N–H and O–H groups in total. The smallest absolute Gasteiger partial charge is 0.319 e. The van der Waals surface area contributed by atoms with E-state index in [1.807, 2.05) is 0 Å². The summed E-state index contributed by atoms with van der Waals surface area (Å²) in [6.07, 6.45) is 10.5. The Morgan fingerprint density at radius 2 is 2.29 bits per heavy atom. The molecule has 0 aromatic carbocycles. The summed E-state index contributed by atoms with van der Waals surface area (Å²) in [6.45, 7) is 4.36. The molecule has 0 radical (unpaired) electrons. The molecule has 0 saturated carbocycles. The van der Waals surface area contributed by atoms with Gasteiger partial charge in [-0.25, -0.2) is 0 Å². The van der Waals surface area contributed by atoms with Crippen LogP contribution in [0.4, 0.5) is 0 Å². The van der Waals surface area contributed by atoms with Gasteiger partial charge in [0, 0.05) is 0 Å². The van der Waals surface area contributed by atoms with Gasteiger partial charge in [0.05, 0.1) is 0 Å². The summed E-state index contributed by atoms with van der Waals surface area (Å²) in [5, 5.41) is 9.90. The van der Waals surface area contributed by atoms with Crippen LogP contribution in [0, 0.1) is 5.92 Å². The van der Waals surface area contributed by atoms with E-state index in [9.17, 15) is 5.02 Å². The molecule has 1 fully saturated rings. The minimum atomic E-state index is -0.142. The number of unbranched alkanes of at least 4 members (excludes halogenated alkanes) is 2. The maximum atomic E-state index is 9.90. The second-order valence-electron chi connectivity index (χ2n) is 4.66. The second-order valence-corrected chi connectivity index (χ2v) is 4.66. The highest BCUT2D eigenvalue weighted by Gasteiger charge is 2.21. The van der Waals surface area contributed by atoms with Crippen molar-refractivity contribution in [2.24, 2.45) is 5.92 Å². The summed E-state index contributed by atoms with van der Waals surface area (Å²) < 4.78 is 0. The first-order valence-corrected chi connectivity index (χ1v) is 6.11. The summed E-state index contributed by atoms with van der Waals surface area (Å²) >= 11 is 0. The van der Waals surface area contributed by atoms with Crippen molar-refractivity contribution in [2.45, 2.75) is 58.7 Å². The first kappa shape index (κ1) is 11.8. The largest absolute Gasteiger partial charge is 0.447 e. The molecule has 2 heteroatoms. The summed E-state index contributed by atoms with van der Waals surface area (Å²) in [4.78, 5) is 0. The predicted molar refractivity (Wildman–Crippen MR) is 63.4 cm³/mol. The van der Waals surface area contributed by atoms with E-state index in [2.05, 4.69) is 19.9 Å². The third-order valence-corrected chi connectivity index (χ3v) is 3.25. The molecule has 1 atom stereocenters. The monoisotopic (exact) mass is 194 g/mol. The minimum Gasteiger partial charge on any atom is -0.447 e. The molecule has 1 rings (SSSR count). The fraction of sp³-hybridized carbons (Fsp3) is 0.833. The molecule has 0 aromatic heterocycles. The third kappa shape index (κ3) is 3.87. The normalized spacial score (nSPS) is 26.6. The standard InChI is InChI=1S/C12H23BO/c1-3-4-5-6-12-8-7-11(2)9-10-13(12)14/h6,11,14H,3-5,7-10H2,1-2H3/b12-6-. The first-order valence-electron chi connectivity index (χ1n) is 6.11. The molecular formula is C12H23BO. The summed E-state index contributed by atoms with van der Waals surface area (Å²) in [5.41, 5.74) is 1.31. The van der Waals surface area contributed by atoms with Gasteiger partial charge in [-0.05, 0) is 31.5 Å². The molecule has 1 unspecified atom stereocenters. The second kappa shape index (κ2) is 6.29. The lowest BCUT2D eigenvalue weighted by molar-refractivity contribution is 0.520. The molecule has 0 spiro atoms. The molecule has 1 aliphatic heterocycles. The van der Waals surface area contributed by atoms with E-state index in [0.717, 1.165) is 25.1 Å². The molecule has 0 aromatic rings. The van der Waals surface area contributed by atoms with E-state index in [0.29, 0.717) is 0 Å². The Labute approximate surface area is 88.7 Å². The van der Waals surface area contributed by atoms with Gasteiger partial charge in [-0.2, -0.15) is 0 Å². The van der Waals surface area contributed by atoms with E-state index >= 15 is 0 Å². The van der Waals surface area contributed by atoms with Crippen LogP contribution in [-0.4, -0.2) is 11.9 Å². The number of allylic oxidation sites excluding steroid dienone is 2. The Hall–Kier alpha value is -0.235. The van der Waals surface area contributed by atoms with Gasteiger partial charge in [0.2, 0.25) is 0 Å². The van der Waals surface area contributed by atoms with Gasteiger partial charge in [-0.15, -0.1) is 0 Å². The van der Waals surface area contributed by atoms with Crippen molar-refractivity contribution in [3.63, 3.8) is 0 Å². The third-order valence-electron chi connectivity index (χ3n) is 3.25. The van der Waals surface area contributed by atoms with Gasteiger partial charge in [-0.3, -0.25) is 0 Å². The first-order chi connectivity index (χ1) is 6.74. The summed E-state index contributed by atoms with van der Waals surface area (Å²) in [7, 11) is 0. The Morgan fingerprint density at radius 3 is 3.00 bits per heavy atom. The average molecular weight is 194 g/mol. The van der Waals surface area contributed by atoms with Crippen molar-refractivity contribution < 1.29 is 5.02 Å². The van der Waals surface area contributed by atoms with E-state index < -0.39 is 0 Å². The molecule has 1 heterocycles. The molecule has 80 valence electrons. The highest BCUT2D eigenvalue weighted by molar-refractivity contribution is 6.59. The lowest BCUT2D eigenvalue weighted by Gasteiger charge is -2.06. The van der Waals surface area contributed by atoms with Crippen molar-refractivity contribution in [2.75, 3.05) is 0 Å². The van der Waals surface area contributed by atoms with Crippen molar-refractivity contribution in [3.05, 3.63) is 11.5 Å². The fourth-order valence-corrected chi connectivity index (χ4v) is 2.08. The number of rotatable bonds is 3. The Morgan fingerprint density at radius 1 is 1.50 bits per heavy atom. The van der Waals surface area contributed by atoms with Crippen molar-refractivity contribution in [1.82, 2.24) is 0 Å². The van der Waals surface area contributed by atoms with E-state index in [1.54, 1.807) is 0 Å².